The van der Waals surface area contributed by atoms with Gasteiger partial charge in [0.05, 0.1) is 21.7 Å². The van der Waals surface area contributed by atoms with Crippen LogP contribution in [0.25, 0.3) is 0 Å². The SMILES string of the molecule is O=C(NN=Cc1c(O)cccc1Cl)c1ccc([N+](=O)[O-])cc1. The van der Waals surface area contributed by atoms with Crippen LogP contribution >= 0.6 is 11.6 Å². The lowest BCUT2D eigenvalue weighted by molar-refractivity contribution is -0.384. The number of phenols is 1. The van der Waals surface area contributed by atoms with E-state index in [1.54, 1.807) is 12.1 Å². The number of carbonyl (C=O) groups is 1. The van der Waals surface area contributed by atoms with Crippen molar-refractivity contribution < 1.29 is 14.8 Å². The Labute approximate surface area is 130 Å². The highest BCUT2D eigenvalue weighted by molar-refractivity contribution is 6.33. The Kier molecular flexibility index (Phi) is 4.70. The molecule has 0 atom stereocenters. The molecule has 0 radical (unpaired) electrons. The molecule has 2 aromatic rings. The summed E-state index contributed by atoms with van der Waals surface area (Å²) in [4.78, 5) is 21.8. The molecule has 0 saturated carbocycles. The highest BCUT2D eigenvalue weighted by Crippen LogP contribution is 2.22. The lowest BCUT2D eigenvalue weighted by Crippen LogP contribution is -2.17. The van der Waals surface area contributed by atoms with Crippen LogP contribution in [-0.4, -0.2) is 22.2 Å². The van der Waals surface area contributed by atoms with Crippen molar-refractivity contribution in [3.63, 3.8) is 0 Å². The van der Waals surface area contributed by atoms with Crippen molar-refractivity contribution in [1.82, 2.24) is 5.43 Å². The molecule has 0 fully saturated rings. The minimum absolute atomic E-state index is 0.0687. The standard InChI is InChI=1S/C14H10ClN3O4/c15-12-2-1-3-13(19)11(12)8-16-17-14(20)9-4-6-10(7-5-9)18(21)22/h1-8,19H,(H,17,20). The molecule has 8 heteroatoms. The normalized spacial score (nSPS) is 10.6. The zero-order valence-corrected chi connectivity index (χ0v) is 11.8. The molecule has 1 amide bonds. The van der Waals surface area contributed by atoms with Gasteiger partial charge < -0.3 is 5.11 Å². The van der Waals surface area contributed by atoms with Crippen LogP contribution in [0.5, 0.6) is 5.75 Å². The molecule has 0 spiro atoms. The van der Waals surface area contributed by atoms with Gasteiger partial charge in [-0.05, 0) is 24.3 Å². The predicted molar refractivity (Wildman–Crippen MR) is 81.3 cm³/mol. The molecule has 22 heavy (non-hydrogen) atoms. The van der Waals surface area contributed by atoms with Crippen molar-refractivity contribution in [1.29, 1.82) is 0 Å². The van der Waals surface area contributed by atoms with Gasteiger partial charge in [0, 0.05) is 17.7 Å². The molecule has 0 aliphatic heterocycles. The van der Waals surface area contributed by atoms with Gasteiger partial charge in [-0.1, -0.05) is 17.7 Å². The molecule has 0 aliphatic carbocycles. The first-order valence-electron chi connectivity index (χ1n) is 6.04. The Balaban J connectivity index is 2.06. The van der Waals surface area contributed by atoms with Crippen LogP contribution < -0.4 is 5.43 Å². The van der Waals surface area contributed by atoms with Crippen molar-refractivity contribution in [3.05, 3.63) is 68.7 Å². The number of nitro groups is 1. The van der Waals surface area contributed by atoms with E-state index in [-0.39, 0.29) is 27.6 Å². The molecule has 0 saturated heterocycles. The number of nitro benzene ring substituents is 1. The maximum absolute atomic E-state index is 11.8. The minimum atomic E-state index is -0.556. The maximum Gasteiger partial charge on any atom is 0.271 e. The first kappa shape index (κ1) is 15.5. The van der Waals surface area contributed by atoms with E-state index < -0.39 is 10.8 Å². The summed E-state index contributed by atoms with van der Waals surface area (Å²) in [6.45, 7) is 0. The van der Waals surface area contributed by atoms with E-state index in [4.69, 9.17) is 11.6 Å². The van der Waals surface area contributed by atoms with Gasteiger partial charge in [-0.25, -0.2) is 5.43 Å². The third kappa shape index (κ3) is 3.58. The number of hydrazone groups is 1. The van der Waals surface area contributed by atoms with Crippen molar-refractivity contribution >= 4 is 29.4 Å². The second-order valence-electron chi connectivity index (χ2n) is 4.18. The van der Waals surface area contributed by atoms with Crippen LogP contribution in [0.3, 0.4) is 0 Å². The third-order valence-electron chi connectivity index (χ3n) is 2.73. The lowest BCUT2D eigenvalue weighted by atomic mass is 10.2. The summed E-state index contributed by atoms with van der Waals surface area (Å²) in [6, 6.07) is 9.65. The van der Waals surface area contributed by atoms with E-state index in [9.17, 15) is 20.0 Å². The largest absolute Gasteiger partial charge is 0.507 e. The zero-order valence-electron chi connectivity index (χ0n) is 11.1. The molecule has 7 nitrogen and oxygen atoms in total. The Bertz CT molecular complexity index is 724. The highest BCUT2D eigenvalue weighted by atomic mass is 35.5. The number of rotatable bonds is 4. The first-order valence-corrected chi connectivity index (χ1v) is 6.42. The summed E-state index contributed by atoms with van der Waals surface area (Å²) < 4.78 is 0. The number of nitrogens with zero attached hydrogens (tertiary/aromatic N) is 2. The van der Waals surface area contributed by atoms with E-state index in [0.29, 0.717) is 0 Å². The quantitative estimate of drug-likeness (QED) is 0.513. The van der Waals surface area contributed by atoms with Crippen LogP contribution in [0.4, 0.5) is 5.69 Å². The van der Waals surface area contributed by atoms with Crippen molar-refractivity contribution in [2.24, 2.45) is 5.10 Å². The van der Waals surface area contributed by atoms with Gasteiger partial charge in [-0.15, -0.1) is 0 Å². The second-order valence-corrected chi connectivity index (χ2v) is 4.58. The predicted octanol–water partition coefficient (Wildman–Crippen LogP) is 2.72. The lowest BCUT2D eigenvalue weighted by Gasteiger charge is -2.02. The van der Waals surface area contributed by atoms with Crippen molar-refractivity contribution in [2.45, 2.75) is 0 Å². The number of nitrogens with one attached hydrogen (secondary N) is 1. The molecule has 0 heterocycles. The number of benzene rings is 2. The number of carbonyl (C=O) groups excluding carboxylic acids is 1. The summed E-state index contributed by atoms with van der Waals surface area (Å²) in [5.41, 5.74) is 2.62. The molecular formula is C14H10ClN3O4. The maximum atomic E-state index is 11.8. The average molecular weight is 320 g/mol. The fourth-order valence-corrected chi connectivity index (χ4v) is 1.83. The molecule has 0 aliphatic rings. The molecular weight excluding hydrogens is 310 g/mol. The number of halogens is 1. The van der Waals surface area contributed by atoms with Crippen LogP contribution in [0.1, 0.15) is 15.9 Å². The summed E-state index contributed by atoms with van der Waals surface area (Å²) >= 11 is 5.88. The van der Waals surface area contributed by atoms with Crippen LogP contribution in [-0.2, 0) is 0 Å². The number of aromatic hydroxyl groups is 1. The summed E-state index contributed by atoms with van der Waals surface area (Å²) in [5, 5.41) is 24.1. The molecule has 112 valence electrons. The van der Waals surface area contributed by atoms with Crippen LogP contribution in [0.15, 0.2) is 47.6 Å². The molecule has 0 bridgehead atoms. The highest BCUT2D eigenvalue weighted by Gasteiger charge is 2.09. The van der Waals surface area contributed by atoms with E-state index in [0.717, 1.165) is 0 Å². The molecule has 2 aromatic carbocycles. The number of amides is 1. The fraction of sp³-hybridized carbons (Fsp3) is 0. The van der Waals surface area contributed by atoms with Gasteiger partial charge in [0.2, 0.25) is 0 Å². The van der Waals surface area contributed by atoms with E-state index in [1.807, 2.05) is 0 Å². The van der Waals surface area contributed by atoms with E-state index >= 15 is 0 Å². The summed E-state index contributed by atoms with van der Waals surface area (Å²) in [5.74, 6) is -0.612. The Morgan fingerprint density at radius 2 is 1.95 bits per heavy atom. The van der Waals surface area contributed by atoms with Gasteiger partial charge in [-0.2, -0.15) is 5.10 Å². The monoisotopic (exact) mass is 319 g/mol. The first-order chi connectivity index (χ1) is 10.5. The average Bonchev–Trinajstić information content (AvgIpc) is 2.50. The zero-order chi connectivity index (χ0) is 16.1. The topological polar surface area (TPSA) is 105 Å². The molecule has 0 aromatic heterocycles. The molecule has 2 rings (SSSR count). The van der Waals surface area contributed by atoms with Gasteiger partial charge in [0.25, 0.3) is 11.6 Å². The van der Waals surface area contributed by atoms with E-state index in [1.165, 1.54) is 36.5 Å². The smallest absolute Gasteiger partial charge is 0.271 e. The number of phenolic OH excluding ortho intramolecular Hbond substituents is 1. The van der Waals surface area contributed by atoms with Crippen molar-refractivity contribution in [3.8, 4) is 5.75 Å². The van der Waals surface area contributed by atoms with Gasteiger partial charge in [0.15, 0.2) is 0 Å². The van der Waals surface area contributed by atoms with Gasteiger partial charge in [-0.3, -0.25) is 14.9 Å². The summed E-state index contributed by atoms with van der Waals surface area (Å²) in [7, 11) is 0. The van der Waals surface area contributed by atoms with Gasteiger partial charge >= 0.3 is 0 Å². The third-order valence-corrected chi connectivity index (χ3v) is 3.06. The Hall–Kier alpha value is -2.93. The fourth-order valence-electron chi connectivity index (χ4n) is 1.61. The number of hydrogen-bond acceptors (Lipinski definition) is 5. The molecule has 0 unspecified atom stereocenters. The van der Waals surface area contributed by atoms with E-state index in [2.05, 4.69) is 10.5 Å². The Morgan fingerprint density at radius 3 is 2.55 bits per heavy atom. The molecule has 2 N–H and O–H groups in total. The van der Waals surface area contributed by atoms with Crippen molar-refractivity contribution in [2.75, 3.05) is 0 Å². The Morgan fingerprint density at radius 1 is 1.27 bits per heavy atom. The van der Waals surface area contributed by atoms with Crippen LogP contribution in [0.2, 0.25) is 5.02 Å². The summed E-state index contributed by atoms with van der Waals surface area (Å²) in [6.07, 6.45) is 1.21. The second kappa shape index (κ2) is 6.68. The number of hydrogen-bond donors (Lipinski definition) is 2. The minimum Gasteiger partial charge on any atom is -0.507 e. The van der Waals surface area contributed by atoms with Crippen LogP contribution in [0, 0.1) is 10.1 Å². The van der Waals surface area contributed by atoms with Gasteiger partial charge in [0.1, 0.15) is 5.75 Å². The number of non-ortho nitro benzene ring substituents is 1.